The van der Waals surface area contributed by atoms with Gasteiger partial charge in [-0.15, -0.1) is 0 Å². The van der Waals surface area contributed by atoms with E-state index in [1.807, 2.05) is 12.1 Å². The highest BCUT2D eigenvalue weighted by molar-refractivity contribution is 5.51. The molecule has 0 unspecified atom stereocenters. The molecule has 0 saturated carbocycles. The van der Waals surface area contributed by atoms with Crippen molar-refractivity contribution in [3.8, 4) is 5.75 Å². The Labute approximate surface area is 192 Å². The maximum absolute atomic E-state index is 9.67. The largest absolute Gasteiger partial charge is 0.508 e. The molecule has 0 fully saturated rings. The van der Waals surface area contributed by atoms with Gasteiger partial charge < -0.3 is 5.11 Å². The molecular formula is C31H32O. The van der Waals surface area contributed by atoms with Gasteiger partial charge >= 0.3 is 0 Å². The van der Waals surface area contributed by atoms with Gasteiger partial charge in [0, 0.05) is 10.8 Å². The molecule has 0 amide bonds. The second-order valence-corrected chi connectivity index (χ2v) is 9.61. The standard InChI is InChI=1S/C31H32O/c1-22-6-10-26(11-7-22)31(5,27-12-8-23(2)9-13-27)28-16-14-24(15-17-28)30(3,4)25-18-20-29(32)21-19-25/h6-21,32H,1-5H3. The molecule has 0 heterocycles. The van der Waals surface area contributed by atoms with Gasteiger partial charge in [0.05, 0.1) is 0 Å². The molecule has 0 aliphatic heterocycles. The van der Waals surface area contributed by atoms with Crippen molar-refractivity contribution >= 4 is 0 Å². The minimum absolute atomic E-state index is 0.156. The third kappa shape index (κ3) is 3.96. The van der Waals surface area contributed by atoms with Crippen molar-refractivity contribution < 1.29 is 5.11 Å². The van der Waals surface area contributed by atoms with E-state index in [0.717, 1.165) is 0 Å². The van der Waals surface area contributed by atoms with Crippen LogP contribution < -0.4 is 0 Å². The van der Waals surface area contributed by atoms with Gasteiger partial charge in [-0.25, -0.2) is 0 Å². The van der Waals surface area contributed by atoms with Crippen molar-refractivity contribution in [3.05, 3.63) is 136 Å². The first-order valence-electron chi connectivity index (χ1n) is 11.3. The van der Waals surface area contributed by atoms with Crippen LogP contribution in [0.1, 0.15) is 59.7 Å². The summed E-state index contributed by atoms with van der Waals surface area (Å²) < 4.78 is 0. The van der Waals surface area contributed by atoms with Crippen LogP contribution >= 0.6 is 0 Å². The van der Waals surface area contributed by atoms with Crippen molar-refractivity contribution in [2.75, 3.05) is 0 Å². The van der Waals surface area contributed by atoms with Gasteiger partial charge in [-0.3, -0.25) is 0 Å². The summed E-state index contributed by atoms with van der Waals surface area (Å²) in [6, 6.07) is 34.4. The Bertz CT molecular complexity index is 1130. The number of aryl methyl sites for hydroxylation is 2. The molecule has 4 aromatic rings. The second kappa shape index (κ2) is 8.31. The van der Waals surface area contributed by atoms with Crippen molar-refractivity contribution in [1.29, 1.82) is 0 Å². The van der Waals surface area contributed by atoms with Crippen molar-refractivity contribution in [2.24, 2.45) is 0 Å². The molecule has 1 nitrogen and oxygen atoms in total. The molecule has 0 aliphatic rings. The zero-order chi connectivity index (χ0) is 22.9. The predicted octanol–water partition coefficient (Wildman–Crippen LogP) is 7.69. The third-order valence-corrected chi connectivity index (χ3v) is 7.03. The molecule has 162 valence electrons. The van der Waals surface area contributed by atoms with E-state index in [2.05, 4.69) is 107 Å². The molecule has 0 atom stereocenters. The number of phenolic OH excluding ortho intramolecular Hbond substituents is 1. The van der Waals surface area contributed by atoms with Gasteiger partial charge in [-0.2, -0.15) is 0 Å². The Morgan fingerprint density at radius 2 is 0.719 bits per heavy atom. The van der Waals surface area contributed by atoms with Crippen LogP contribution in [0.5, 0.6) is 5.75 Å². The Hall–Kier alpha value is -3.32. The highest BCUT2D eigenvalue weighted by Gasteiger charge is 2.32. The quantitative estimate of drug-likeness (QED) is 0.328. The highest BCUT2D eigenvalue weighted by Crippen LogP contribution is 2.40. The molecule has 0 spiro atoms. The fourth-order valence-electron chi connectivity index (χ4n) is 4.54. The highest BCUT2D eigenvalue weighted by atomic mass is 16.3. The second-order valence-electron chi connectivity index (χ2n) is 9.61. The van der Waals surface area contributed by atoms with Crippen LogP contribution in [0.25, 0.3) is 0 Å². The molecule has 0 radical (unpaired) electrons. The summed E-state index contributed by atoms with van der Waals surface area (Å²) in [5, 5.41) is 9.67. The van der Waals surface area contributed by atoms with Gasteiger partial charge in [0.25, 0.3) is 0 Å². The van der Waals surface area contributed by atoms with Crippen molar-refractivity contribution in [1.82, 2.24) is 0 Å². The first-order valence-corrected chi connectivity index (χ1v) is 11.3. The van der Waals surface area contributed by atoms with E-state index in [9.17, 15) is 5.11 Å². The van der Waals surface area contributed by atoms with E-state index in [4.69, 9.17) is 0 Å². The van der Waals surface area contributed by atoms with Crippen LogP contribution in [0.4, 0.5) is 0 Å². The van der Waals surface area contributed by atoms with Crippen LogP contribution in [0.2, 0.25) is 0 Å². The molecule has 0 bridgehead atoms. The fraction of sp³-hybridized carbons (Fsp3) is 0.226. The van der Waals surface area contributed by atoms with Crippen molar-refractivity contribution in [3.63, 3.8) is 0 Å². The van der Waals surface area contributed by atoms with Gasteiger partial charge in [-0.05, 0) is 60.7 Å². The van der Waals surface area contributed by atoms with Crippen LogP contribution in [0.3, 0.4) is 0 Å². The lowest BCUT2D eigenvalue weighted by atomic mass is 9.70. The maximum atomic E-state index is 9.67. The van der Waals surface area contributed by atoms with Gasteiger partial charge in [0.2, 0.25) is 0 Å². The first-order chi connectivity index (χ1) is 15.2. The summed E-state index contributed by atoms with van der Waals surface area (Å²) in [7, 11) is 0. The summed E-state index contributed by atoms with van der Waals surface area (Å²) >= 11 is 0. The lowest BCUT2D eigenvalue weighted by Crippen LogP contribution is -2.26. The lowest BCUT2D eigenvalue weighted by molar-refractivity contribution is 0.474. The summed E-state index contributed by atoms with van der Waals surface area (Å²) in [5.41, 5.74) is 8.42. The maximum Gasteiger partial charge on any atom is 0.115 e. The predicted molar refractivity (Wildman–Crippen MR) is 135 cm³/mol. The number of rotatable bonds is 5. The normalized spacial score (nSPS) is 12.0. The minimum atomic E-state index is -0.247. The Morgan fingerprint density at radius 1 is 0.438 bits per heavy atom. The van der Waals surface area contributed by atoms with E-state index in [0.29, 0.717) is 5.75 Å². The SMILES string of the molecule is Cc1ccc(C(C)(c2ccc(C)cc2)c2ccc(C(C)(C)c3ccc(O)cc3)cc2)cc1. The van der Waals surface area contributed by atoms with E-state index in [1.165, 1.54) is 38.9 Å². The average molecular weight is 421 g/mol. The molecule has 0 saturated heterocycles. The Kier molecular flexibility index (Phi) is 5.69. The molecule has 32 heavy (non-hydrogen) atoms. The number of benzene rings is 4. The van der Waals surface area contributed by atoms with Crippen LogP contribution in [0.15, 0.2) is 97.1 Å². The molecule has 1 N–H and O–H groups in total. The smallest absolute Gasteiger partial charge is 0.115 e. The molecule has 0 aliphatic carbocycles. The van der Waals surface area contributed by atoms with Gasteiger partial charge in [0.1, 0.15) is 5.75 Å². The number of phenols is 1. The van der Waals surface area contributed by atoms with E-state index >= 15 is 0 Å². The molecule has 1 heteroatoms. The summed E-state index contributed by atoms with van der Waals surface area (Å²) in [4.78, 5) is 0. The van der Waals surface area contributed by atoms with E-state index in [1.54, 1.807) is 12.1 Å². The monoisotopic (exact) mass is 420 g/mol. The van der Waals surface area contributed by atoms with Gasteiger partial charge in [0.15, 0.2) is 0 Å². The van der Waals surface area contributed by atoms with Crippen LogP contribution in [-0.2, 0) is 10.8 Å². The Balaban J connectivity index is 1.79. The lowest BCUT2D eigenvalue weighted by Gasteiger charge is -2.33. The number of aromatic hydroxyl groups is 1. The zero-order valence-corrected chi connectivity index (χ0v) is 19.7. The average Bonchev–Trinajstić information content (AvgIpc) is 2.80. The fourth-order valence-corrected chi connectivity index (χ4v) is 4.54. The van der Waals surface area contributed by atoms with Crippen LogP contribution in [0, 0.1) is 13.8 Å². The van der Waals surface area contributed by atoms with Gasteiger partial charge in [-0.1, -0.05) is 110 Å². The summed E-state index contributed by atoms with van der Waals surface area (Å²) in [6.07, 6.45) is 0. The third-order valence-electron chi connectivity index (χ3n) is 7.03. The Morgan fingerprint density at radius 3 is 1.09 bits per heavy atom. The molecule has 4 aromatic carbocycles. The number of hydrogen-bond donors (Lipinski definition) is 1. The van der Waals surface area contributed by atoms with Crippen LogP contribution in [-0.4, -0.2) is 5.11 Å². The molecular weight excluding hydrogens is 388 g/mol. The molecule has 4 rings (SSSR count). The summed E-state index contributed by atoms with van der Waals surface area (Å²) in [5.74, 6) is 0.298. The minimum Gasteiger partial charge on any atom is -0.508 e. The number of hydrogen-bond acceptors (Lipinski definition) is 1. The van der Waals surface area contributed by atoms with Crippen molar-refractivity contribution in [2.45, 2.75) is 45.4 Å². The molecule has 0 aromatic heterocycles. The first kappa shape index (κ1) is 21.9. The van der Waals surface area contributed by atoms with E-state index in [-0.39, 0.29) is 10.8 Å². The summed E-state index contributed by atoms with van der Waals surface area (Å²) in [6.45, 7) is 11.0. The van der Waals surface area contributed by atoms with E-state index < -0.39 is 0 Å². The topological polar surface area (TPSA) is 20.2 Å². The zero-order valence-electron chi connectivity index (χ0n) is 19.7.